The first-order valence-corrected chi connectivity index (χ1v) is 6.70. The fourth-order valence-electron chi connectivity index (χ4n) is 2.63. The Bertz CT molecular complexity index is 454. The van der Waals surface area contributed by atoms with Crippen LogP contribution in [-0.2, 0) is 0 Å². The van der Waals surface area contributed by atoms with Gasteiger partial charge in [0.15, 0.2) is 0 Å². The topological polar surface area (TPSA) is 75.6 Å². The van der Waals surface area contributed by atoms with E-state index in [1.807, 2.05) is 4.90 Å². The lowest BCUT2D eigenvalue weighted by Gasteiger charge is -2.39. The molecule has 1 aromatic rings. The molecule has 0 radical (unpaired) electrons. The van der Waals surface area contributed by atoms with Crippen LogP contribution in [0, 0.1) is 0 Å². The normalized spacial score (nSPS) is 20.5. The van der Waals surface area contributed by atoms with Gasteiger partial charge in [0.25, 0.3) is 5.91 Å². The van der Waals surface area contributed by atoms with Crippen molar-refractivity contribution in [2.75, 3.05) is 37.6 Å². The third-order valence-corrected chi connectivity index (χ3v) is 3.68. The summed E-state index contributed by atoms with van der Waals surface area (Å²) in [4.78, 5) is 16.7. The lowest BCUT2D eigenvalue weighted by Crippen LogP contribution is -2.53. The summed E-state index contributed by atoms with van der Waals surface area (Å²) in [5, 5.41) is 0. The van der Waals surface area contributed by atoms with Crippen LogP contribution in [0.3, 0.4) is 0 Å². The van der Waals surface area contributed by atoms with E-state index in [0.29, 0.717) is 23.0 Å². The average Bonchev–Trinajstić information content (AvgIpc) is 2.36. The molecule has 0 bridgehead atoms. The SMILES string of the molecule is CCN1CCN(C(=O)c2cc(N)cc(N)c2)CC1C. The van der Waals surface area contributed by atoms with Crippen molar-refractivity contribution in [3.05, 3.63) is 23.8 Å². The number of anilines is 2. The van der Waals surface area contributed by atoms with Crippen LogP contribution < -0.4 is 11.5 Å². The molecule has 2 rings (SSSR count). The maximum absolute atomic E-state index is 12.4. The second-order valence-corrected chi connectivity index (χ2v) is 5.12. The van der Waals surface area contributed by atoms with Crippen LogP contribution in [0.25, 0.3) is 0 Å². The largest absolute Gasteiger partial charge is 0.399 e. The molecule has 1 heterocycles. The number of hydrogen-bond acceptors (Lipinski definition) is 4. The third-order valence-electron chi connectivity index (χ3n) is 3.68. The minimum atomic E-state index is 0.0154. The molecule has 1 aliphatic rings. The number of carbonyl (C=O) groups excluding carboxylic acids is 1. The summed E-state index contributed by atoms with van der Waals surface area (Å²) >= 11 is 0. The van der Waals surface area contributed by atoms with Crippen molar-refractivity contribution >= 4 is 17.3 Å². The predicted octanol–water partition coefficient (Wildman–Crippen LogP) is 1.02. The molecule has 0 aromatic heterocycles. The molecular weight excluding hydrogens is 240 g/mol. The highest BCUT2D eigenvalue weighted by Gasteiger charge is 2.26. The number of nitrogens with two attached hydrogens (primary N) is 2. The van der Waals surface area contributed by atoms with Crippen molar-refractivity contribution in [3.8, 4) is 0 Å². The van der Waals surface area contributed by atoms with E-state index in [2.05, 4.69) is 18.7 Å². The molecule has 1 atom stereocenters. The Morgan fingerprint density at radius 3 is 2.42 bits per heavy atom. The van der Waals surface area contributed by atoms with Gasteiger partial charge in [-0.15, -0.1) is 0 Å². The van der Waals surface area contributed by atoms with Crippen molar-refractivity contribution in [2.45, 2.75) is 19.9 Å². The molecule has 1 saturated heterocycles. The first kappa shape index (κ1) is 13.7. The molecule has 19 heavy (non-hydrogen) atoms. The molecule has 0 aliphatic carbocycles. The summed E-state index contributed by atoms with van der Waals surface area (Å²) in [6, 6.07) is 5.43. The van der Waals surface area contributed by atoms with Crippen molar-refractivity contribution < 1.29 is 4.79 Å². The van der Waals surface area contributed by atoms with Gasteiger partial charge in [-0.1, -0.05) is 6.92 Å². The molecule has 1 aliphatic heterocycles. The highest BCUT2D eigenvalue weighted by atomic mass is 16.2. The first-order chi connectivity index (χ1) is 9.01. The molecule has 0 spiro atoms. The van der Waals surface area contributed by atoms with Crippen molar-refractivity contribution in [1.29, 1.82) is 0 Å². The number of nitrogens with zero attached hydrogens (tertiary/aromatic N) is 2. The van der Waals surface area contributed by atoms with E-state index in [4.69, 9.17) is 11.5 Å². The van der Waals surface area contributed by atoms with E-state index in [9.17, 15) is 4.79 Å². The van der Waals surface area contributed by atoms with E-state index in [0.717, 1.165) is 26.2 Å². The second kappa shape index (κ2) is 5.48. The van der Waals surface area contributed by atoms with Crippen molar-refractivity contribution in [1.82, 2.24) is 9.80 Å². The summed E-state index contributed by atoms with van der Waals surface area (Å²) in [5.74, 6) is 0.0154. The van der Waals surface area contributed by atoms with Crippen LogP contribution in [-0.4, -0.2) is 47.9 Å². The number of rotatable bonds is 2. The Kier molecular flexibility index (Phi) is 3.95. The zero-order chi connectivity index (χ0) is 14.0. The molecule has 1 unspecified atom stereocenters. The molecule has 5 heteroatoms. The Morgan fingerprint density at radius 1 is 1.26 bits per heavy atom. The fourth-order valence-corrected chi connectivity index (χ4v) is 2.63. The summed E-state index contributed by atoms with van der Waals surface area (Å²) in [7, 11) is 0. The quantitative estimate of drug-likeness (QED) is 0.780. The highest BCUT2D eigenvalue weighted by molar-refractivity contribution is 5.96. The smallest absolute Gasteiger partial charge is 0.254 e. The molecular formula is C14H22N4O. The van der Waals surface area contributed by atoms with Crippen LogP contribution in [0.4, 0.5) is 11.4 Å². The molecule has 1 amide bonds. The number of likely N-dealkylation sites (N-methyl/N-ethyl adjacent to an activating group) is 1. The van der Waals surface area contributed by atoms with E-state index in [1.54, 1.807) is 18.2 Å². The fraction of sp³-hybridized carbons (Fsp3) is 0.500. The minimum Gasteiger partial charge on any atom is -0.399 e. The average molecular weight is 262 g/mol. The summed E-state index contributed by atoms with van der Waals surface area (Å²) in [5.41, 5.74) is 13.1. The third kappa shape index (κ3) is 2.98. The number of benzene rings is 1. The van der Waals surface area contributed by atoms with Crippen molar-refractivity contribution in [2.24, 2.45) is 0 Å². The van der Waals surface area contributed by atoms with Crippen LogP contribution in [0.2, 0.25) is 0 Å². The monoisotopic (exact) mass is 262 g/mol. The molecule has 5 nitrogen and oxygen atoms in total. The number of carbonyl (C=O) groups is 1. The van der Waals surface area contributed by atoms with Gasteiger partial charge in [-0.2, -0.15) is 0 Å². The zero-order valence-electron chi connectivity index (χ0n) is 11.6. The maximum Gasteiger partial charge on any atom is 0.254 e. The van der Waals surface area contributed by atoms with Gasteiger partial charge < -0.3 is 16.4 Å². The number of hydrogen-bond donors (Lipinski definition) is 2. The number of piperazine rings is 1. The zero-order valence-corrected chi connectivity index (χ0v) is 11.6. The lowest BCUT2D eigenvalue weighted by molar-refractivity contribution is 0.0528. The predicted molar refractivity (Wildman–Crippen MR) is 77.9 cm³/mol. The Labute approximate surface area is 114 Å². The second-order valence-electron chi connectivity index (χ2n) is 5.12. The molecule has 1 aromatic carbocycles. The Morgan fingerprint density at radius 2 is 1.89 bits per heavy atom. The van der Waals surface area contributed by atoms with Gasteiger partial charge in [0, 0.05) is 42.6 Å². The molecule has 4 N–H and O–H groups in total. The number of amides is 1. The molecule has 0 saturated carbocycles. The van der Waals surface area contributed by atoms with E-state index >= 15 is 0 Å². The van der Waals surface area contributed by atoms with Gasteiger partial charge in [0.1, 0.15) is 0 Å². The highest BCUT2D eigenvalue weighted by Crippen LogP contribution is 2.17. The lowest BCUT2D eigenvalue weighted by atomic mass is 10.1. The van der Waals surface area contributed by atoms with Gasteiger partial charge in [0.05, 0.1) is 0 Å². The molecule has 1 fully saturated rings. The van der Waals surface area contributed by atoms with E-state index in [-0.39, 0.29) is 5.91 Å². The van der Waals surface area contributed by atoms with Gasteiger partial charge >= 0.3 is 0 Å². The minimum absolute atomic E-state index is 0.0154. The van der Waals surface area contributed by atoms with Crippen LogP contribution in [0.1, 0.15) is 24.2 Å². The summed E-state index contributed by atoms with van der Waals surface area (Å²) in [6.45, 7) is 7.74. The van der Waals surface area contributed by atoms with E-state index < -0.39 is 0 Å². The molecule has 104 valence electrons. The van der Waals surface area contributed by atoms with Gasteiger partial charge in [-0.25, -0.2) is 0 Å². The number of nitrogen functional groups attached to an aromatic ring is 2. The standard InChI is InChI=1S/C14H22N4O/c1-3-17-4-5-18(9-10(17)2)14(19)11-6-12(15)8-13(16)7-11/h6-8,10H,3-5,9,15-16H2,1-2H3. The Hall–Kier alpha value is -1.75. The summed E-state index contributed by atoms with van der Waals surface area (Å²) < 4.78 is 0. The van der Waals surface area contributed by atoms with Crippen molar-refractivity contribution in [3.63, 3.8) is 0 Å². The maximum atomic E-state index is 12.4. The van der Waals surface area contributed by atoms with Crippen LogP contribution >= 0.6 is 0 Å². The Balaban J connectivity index is 2.12. The summed E-state index contributed by atoms with van der Waals surface area (Å²) in [6.07, 6.45) is 0. The van der Waals surface area contributed by atoms with Crippen LogP contribution in [0.5, 0.6) is 0 Å². The van der Waals surface area contributed by atoms with Gasteiger partial charge in [-0.3, -0.25) is 9.69 Å². The van der Waals surface area contributed by atoms with Gasteiger partial charge in [0.2, 0.25) is 0 Å². The van der Waals surface area contributed by atoms with E-state index in [1.165, 1.54) is 0 Å². The first-order valence-electron chi connectivity index (χ1n) is 6.70. The van der Waals surface area contributed by atoms with Gasteiger partial charge in [-0.05, 0) is 31.7 Å². The van der Waals surface area contributed by atoms with Crippen LogP contribution in [0.15, 0.2) is 18.2 Å².